The molecule has 2 unspecified atom stereocenters. The van der Waals surface area contributed by atoms with Crippen molar-refractivity contribution in [2.45, 2.75) is 24.8 Å². The maximum absolute atomic E-state index is 11.4. The van der Waals surface area contributed by atoms with Gasteiger partial charge in [0.05, 0.1) is 9.09 Å². The molecule has 0 fully saturated rings. The number of halogens is 1. The fraction of sp³-hybridized carbons (Fsp3) is 0.294. The number of para-hydroxylation sites is 1. The quantitative estimate of drug-likeness (QED) is 0.440. The number of nitrogens with one attached hydrogen (secondary N) is 1. The van der Waals surface area contributed by atoms with Gasteiger partial charge in [-0.25, -0.2) is 4.98 Å². The predicted octanol–water partition coefficient (Wildman–Crippen LogP) is 3.44. The molecular formula is C17H17IN2O2S. The molecule has 0 aliphatic carbocycles. The SMILES string of the molecule is C#CC(C)(NC(C)=O)C(Oc1nc2ccccc2cc1I)SC. The predicted molar refractivity (Wildman–Crippen MR) is 103 cm³/mol. The lowest BCUT2D eigenvalue weighted by Crippen LogP contribution is -2.53. The van der Waals surface area contributed by atoms with Crippen LogP contribution in [0.1, 0.15) is 13.8 Å². The number of pyridine rings is 1. The second kappa shape index (κ2) is 7.41. The van der Waals surface area contributed by atoms with E-state index in [0.29, 0.717) is 5.88 Å². The zero-order valence-corrected chi connectivity index (χ0v) is 16.1. The third-order valence-electron chi connectivity index (χ3n) is 3.28. The molecule has 1 N–H and O–H groups in total. The van der Waals surface area contributed by atoms with E-state index in [-0.39, 0.29) is 5.91 Å². The van der Waals surface area contributed by atoms with E-state index in [4.69, 9.17) is 11.2 Å². The van der Waals surface area contributed by atoms with Gasteiger partial charge in [-0.05, 0) is 47.9 Å². The van der Waals surface area contributed by atoms with Crippen molar-refractivity contribution in [3.8, 4) is 18.2 Å². The number of carbonyl (C=O) groups is 1. The number of rotatable bonds is 5. The summed E-state index contributed by atoms with van der Waals surface area (Å²) in [6, 6.07) is 9.85. The van der Waals surface area contributed by atoms with Crippen LogP contribution in [0, 0.1) is 15.9 Å². The molecule has 2 atom stereocenters. The lowest BCUT2D eigenvalue weighted by molar-refractivity contribution is -0.120. The van der Waals surface area contributed by atoms with Gasteiger partial charge in [-0.2, -0.15) is 0 Å². The van der Waals surface area contributed by atoms with Crippen molar-refractivity contribution < 1.29 is 9.53 Å². The highest BCUT2D eigenvalue weighted by Crippen LogP contribution is 2.29. The number of amides is 1. The first-order valence-corrected chi connectivity index (χ1v) is 9.27. The van der Waals surface area contributed by atoms with Gasteiger partial charge < -0.3 is 10.1 Å². The summed E-state index contributed by atoms with van der Waals surface area (Å²) in [5.74, 6) is 2.94. The Kier molecular flexibility index (Phi) is 5.76. The van der Waals surface area contributed by atoms with E-state index in [1.807, 2.05) is 36.6 Å². The highest BCUT2D eigenvalue weighted by Gasteiger charge is 2.35. The molecule has 4 nitrogen and oxygen atoms in total. The average Bonchev–Trinajstić information content (AvgIpc) is 2.51. The largest absolute Gasteiger partial charge is 0.459 e. The minimum absolute atomic E-state index is 0.200. The number of aromatic nitrogens is 1. The molecule has 0 spiro atoms. The first-order valence-electron chi connectivity index (χ1n) is 6.91. The number of terminal acetylenes is 1. The lowest BCUT2D eigenvalue weighted by Gasteiger charge is -2.32. The number of ether oxygens (including phenoxy) is 1. The van der Waals surface area contributed by atoms with Crippen molar-refractivity contribution in [2.24, 2.45) is 0 Å². The van der Waals surface area contributed by atoms with Crippen LogP contribution >= 0.6 is 34.4 Å². The molecule has 1 heterocycles. The summed E-state index contributed by atoms with van der Waals surface area (Å²) >= 11 is 3.62. The number of hydrogen-bond acceptors (Lipinski definition) is 4. The molecule has 0 aliphatic rings. The molecule has 1 amide bonds. The van der Waals surface area contributed by atoms with Crippen molar-refractivity contribution in [3.63, 3.8) is 0 Å². The van der Waals surface area contributed by atoms with Crippen LogP contribution in [0.4, 0.5) is 0 Å². The Bertz CT molecular complexity index is 775. The summed E-state index contributed by atoms with van der Waals surface area (Å²) in [4.78, 5) is 16.0. The fourth-order valence-electron chi connectivity index (χ4n) is 2.19. The lowest BCUT2D eigenvalue weighted by atomic mass is 10.1. The maximum Gasteiger partial charge on any atom is 0.228 e. The molecular weight excluding hydrogens is 423 g/mol. The highest BCUT2D eigenvalue weighted by molar-refractivity contribution is 14.1. The number of hydrogen-bond donors (Lipinski definition) is 1. The molecule has 0 aliphatic heterocycles. The molecule has 6 heteroatoms. The summed E-state index contributed by atoms with van der Waals surface area (Å²) in [5, 5.41) is 3.83. The monoisotopic (exact) mass is 440 g/mol. The highest BCUT2D eigenvalue weighted by atomic mass is 127. The van der Waals surface area contributed by atoms with Crippen LogP contribution in [-0.2, 0) is 4.79 Å². The van der Waals surface area contributed by atoms with E-state index >= 15 is 0 Å². The Balaban J connectivity index is 2.36. The van der Waals surface area contributed by atoms with Crippen molar-refractivity contribution >= 4 is 51.2 Å². The molecule has 23 heavy (non-hydrogen) atoms. The van der Waals surface area contributed by atoms with E-state index in [2.05, 4.69) is 38.8 Å². The average molecular weight is 440 g/mol. The van der Waals surface area contributed by atoms with Gasteiger partial charge in [-0.15, -0.1) is 18.2 Å². The third kappa shape index (κ3) is 4.09. The van der Waals surface area contributed by atoms with Crippen molar-refractivity contribution in [1.82, 2.24) is 10.3 Å². The van der Waals surface area contributed by atoms with E-state index < -0.39 is 11.0 Å². The van der Waals surface area contributed by atoms with Gasteiger partial charge in [0, 0.05) is 12.3 Å². The van der Waals surface area contributed by atoms with Crippen LogP contribution in [0.3, 0.4) is 0 Å². The Hall–Kier alpha value is -1.46. The van der Waals surface area contributed by atoms with E-state index in [1.165, 1.54) is 18.7 Å². The van der Waals surface area contributed by atoms with Crippen molar-refractivity contribution in [2.75, 3.05) is 6.26 Å². The third-order valence-corrected chi connectivity index (χ3v) is 5.05. The van der Waals surface area contributed by atoms with Crippen LogP contribution in [0.15, 0.2) is 30.3 Å². The Morgan fingerprint density at radius 3 is 2.83 bits per heavy atom. The molecule has 0 radical (unpaired) electrons. The number of fused-ring (bicyclic) bond motifs is 1. The number of carbonyl (C=O) groups excluding carboxylic acids is 1. The van der Waals surface area contributed by atoms with Crippen molar-refractivity contribution in [3.05, 3.63) is 33.9 Å². The molecule has 1 aromatic heterocycles. The zero-order chi connectivity index (χ0) is 17.0. The summed E-state index contributed by atoms with van der Waals surface area (Å²) in [5.41, 5.74) is -0.537. The van der Waals surface area contributed by atoms with E-state index in [1.54, 1.807) is 6.92 Å². The molecule has 0 saturated carbocycles. The van der Waals surface area contributed by atoms with Crippen LogP contribution in [-0.4, -0.2) is 28.1 Å². The topological polar surface area (TPSA) is 51.2 Å². The van der Waals surface area contributed by atoms with Gasteiger partial charge in [0.25, 0.3) is 0 Å². The van der Waals surface area contributed by atoms with Gasteiger partial charge in [-0.3, -0.25) is 4.79 Å². The smallest absolute Gasteiger partial charge is 0.228 e. The number of benzene rings is 1. The Labute approximate surface area is 153 Å². The number of thioether (sulfide) groups is 1. The van der Waals surface area contributed by atoms with Crippen LogP contribution in [0.25, 0.3) is 10.9 Å². The summed E-state index contributed by atoms with van der Waals surface area (Å²) < 4.78 is 6.94. The summed E-state index contributed by atoms with van der Waals surface area (Å²) in [6.07, 6.45) is 7.52. The fourth-order valence-corrected chi connectivity index (χ4v) is 3.56. The molecule has 2 rings (SSSR count). The van der Waals surface area contributed by atoms with Crippen LogP contribution < -0.4 is 10.1 Å². The molecule has 0 saturated heterocycles. The van der Waals surface area contributed by atoms with E-state index in [0.717, 1.165) is 14.5 Å². The van der Waals surface area contributed by atoms with E-state index in [9.17, 15) is 4.79 Å². The molecule has 2 aromatic rings. The molecule has 120 valence electrons. The Morgan fingerprint density at radius 1 is 1.52 bits per heavy atom. The van der Waals surface area contributed by atoms with Gasteiger partial charge in [-0.1, -0.05) is 24.1 Å². The Morgan fingerprint density at radius 2 is 2.22 bits per heavy atom. The molecule has 1 aromatic carbocycles. The van der Waals surface area contributed by atoms with Gasteiger partial charge in [0.15, 0.2) is 5.44 Å². The summed E-state index contributed by atoms with van der Waals surface area (Å²) in [6.45, 7) is 3.20. The standard InChI is InChI=1S/C17H17IN2O2S/c1-5-17(3,20-11(2)21)16(23-4)22-15-13(18)10-12-8-6-7-9-14(12)19-15/h1,6-10,16H,2-4H3,(H,20,21). The first kappa shape index (κ1) is 17.9. The summed E-state index contributed by atoms with van der Waals surface area (Å²) in [7, 11) is 0. The maximum atomic E-state index is 11.4. The van der Waals surface area contributed by atoms with Gasteiger partial charge >= 0.3 is 0 Å². The minimum atomic E-state index is -0.929. The first-order chi connectivity index (χ1) is 10.9. The molecule has 0 bridgehead atoms. The second-order valence-electron chi connectivity index (χ2n) is 5.18. The zero-order valence-electron chi connectivity index (χ0n) is 13.1. The van der Waals surface area contributed by atoms with Gasteiger partial charge in [0.1, 0.15) is 5.54 Å². The van der Waals surface area contributed by atoms with Crippen LogP contribution in [0.5, 0.6) is 5.88 Å². The van der Waals surface area contributed by atoms with Crippen LogP contribution in [0.2, 0.25) is 0 Å². The number of nitrogens with zero attached hydrogens (tertiary/aromatic N) is 1. The van der Waals surface area contributed by atoms with Crippen molar-refractivity contribution in [1.29, 1.82) is 0 Å². The minimum Gasteiger partial charge on any atom is -0.459 e. The second-order valence-corrected chi connectivity index (χ2v) is 7.24. The normalized spacial score (nSPS) is 14.6. The van der Waals surface area contributed by atoms with Gasteiger partial charge in [0.2, 0.25) is 11.8 Å².